The molecule has 0 radical (unpaired) electrons. The quantitative estimate of drug-likeness (QED) is 0.237. The molecule has 504 valence electrons. The van der Waals surface area contributed by atoms with Crippen LogP contribution in [0.1, 0.15) is 276 Å². The van der Waals surface area contributed by atoms with Crippen molar-refractivity contribution >= 4 is 0 Å². The Kier molecular flexibility index (Phi) is 39.8. The van der Waals surface area contributed by atoms with Crippen molar-refractivity contribution in [1.82, 2.24) is 39.2 Å². The molecule has 0 saturated carbocycles. The topological polar surface area (TPSA) is 25.9 Å². The van der Waals surface area contributed by atoms with Crippen molar-refractivity contribution in [2.24, 2.45) is 28.6 Å². The Labute approximate surface area is 525 Å². The van der Waals surface area contributed by atoms with Gasteiger partial charge in [0.15, 0.2) is 0 Å². The van der Waals surface area contributed by atoms with Gasteiger partial charge in [-0.1, -0.05) is 48.5 Å². The van der Waals surface area contributed by atoms with Gasteiger partial charge < -0.3 is 29.4 Å². The van der Waals surface area contributed by atoms with Gasteiger partial charge in [-0.15, -0.1) is 0 Å². The molecule has 0 spiro atoms. The monoisotopic (exact) mass is 1200 g/mol. The second-order valence-corrected chi connectivity index (χ2v) is 32.5. The number of piperidine rings is 8. The van der Waals surface area contributed by atoms with Crippen LogP contribution in [0.2, 0.25) is 0 Å². The molecule has 0 aromatic rings. The minimum atomic E-state index is -0.942. The van der Waals surface area contributed by atoms with Crippen molar-refractivity contribution in [3.8, 4) is 0 Å². The van der Waals surface area contributed by atoms with Gasteiger partial charge in [0.2, 0.25) is 0 Å². The zero-order chi connectivity index (χ0) is 64.2. The molecule has 3 atom stereocenters. The summed E-state index contributed by atoms with van der Waals surface area (Å²) >= 11 is 0. The van der Waals surface area contributed by atoms with E-state index in [9.17, 15) is 13.2 Å². The summed E-state index contributed by atoms with van der Waals surface area (Å²) in [4.78, 5) is 19.6. The standard InChI is InChI=1S/2C10H21N.2C9H18FN.3C9H19N.C8H16FN/c1-9(2)11-7-5-10(3,4)6-8-11;1-9(2)11-7-5-6-10(3,4)8-11;1-8(2)11-6-4-9(3,10)5-7-11;1-8(2)11-6-4-5-9(3,10)7-11;2*1-8(2)10-6-4-9(3)5-7-10;1-8(2)10-6-4-5-9(3)7-10;1-7(2)10-5-3-4-8(9)6-10/h2*9H,5-8H2,1-4H3;2*8H,4-7H2,1-3H3;3*8-9H,4-7H2,1-3H3;7-8H,3-6H2,1-2H3/t;;;;;;9-;8-/m......01/s1. The minimum absolute atomic E-state index is 0.491. The number of alkyl halides is 3. The molecular weight excluding hydrogens is 1050 g/mol. The van der Waals surface area contributed by atoms with Gasteiger partial charge in [-0.05, 0) is 321 Å². The van der Waals surface area contributed by atoms with Crippen molar-refractivity contribution in [1.29, 1.82) is 0 Å². The third-order valence-corrected chi connectivity index (χ3v) is 20.2. The Bertz CT molecular complexity index is 1460. The maximum atomic E-state index is 13.4. The molecule has 8 aliphatic heterocycles. The lowest BCUT2D eigenvalue weighted by Gasteiger charge is -2.40. The molecule has 11 heteroatoms. The predicted octanol–water partition coefficient (Wildman–Crippen LogP) is 17.7. The van der Waals surface area contributed by atoms with Gasteiger partial charge in [-0.3, -0.25) is 9.80 Å². The Morgan fingerprint density at radius 1 is 0.286 bits per heavy atom. The van der Waals surface area contributed by atoms with Gasteiger partial charge in [0, 0.05) is 87.6 Å². The molecule has 8 aliphatic rings. The highest BCUT2D eigenvalue weighted by Crippen LogP contribution is 2.32. The molecule has 8 rings (SSSR count). The summed E-state index contributed by atoms with van der Waals surface area (Å²) in [6, 6.07) is 5.32. The van der Waals surface area contributed by atoms with E-state index in [4.69, 9.17) is 0 Å². The molecule has 0 aliphatic carbocycles. The highest BCUT2D eigenvalue weighted by molar-refractivity contribution is 4.86. The number of hydrogen-bond donors (Lipinski definition) is 0. The summed E-state index contributed by atoms with van der Waals surface area (Å²) in [5.74, 6) is 2.86. The third-order valence-electron chi connectivity index (χ3n) is 20.2. The van der Waals surface area contributed by atoms with E-state index < -0.39 is 17.5 Å². The first-order chi connectivity index (χ1) is 38.8. The summed E-state index contributed by atoms with van der Waals surface area (Å²) in [5, 5.41) is 0. The molecule has 84 heavy (non-hydrogen) atoms. The van der Waals surface area contributed by atoms with E-state index in [1.165, 1.54) is 130 Å². The van der Waals surface area contributed by atoms with Crippen LogP contribution in [0.15, 0.2) is 0 Å². The zero-order valence-electron chi connectivity index (χ0n) is 61.3. The molecular formula is C73H151F3N8. The average Bonchev–Trinajstić information content (AvgIpc) is 3.45. The first-order valence-corrected chi connectivity index (χ1v) is 35.8. The largest absolute Gasteiger partial charge is 0.301 e. The SMILES string of the molecule is CC(C)N1CCC(C)(C)CC1.CC(C)N1CCC(C)(F)CC1.CC(C)N1CCCC(C)(C)C1.CC(C)N1CCCC(C)(F)C1.CC(C)N1CCC[C@@H](F)C1.CC(C)N1CCC[C@H](C)C1.CC1CCN(C(C)C)CC1.CC1CCN(C(C)C)CC1. The van der Waals surface area contributed by atoms with Crippen molar-refractivity contribution in [2.75, 3.05) is 105 Å². The second kappa shape index (κ2) is 41.1. The Balaban J connectivity index is 0.000000480. The molecule has 0 bridgehead atoms. The van der Waals surface area contributed by atoms with Gasteiger partial charge in [0.25, 0.3) is 0 Å². The number of nitrogens with zero attached hydrogens (tertiary/aromatic N) is 8. The van der Waals surface area contributed by atoms with Gasteiger partial charge in [-0.25, -0.2) is 13.2 Å². The van der Waals surface area contributed by atoms with E-state index in [0.717, 1.165) is 99.8 Å². The van der Waals surface area contributed by atoms with Crippen LogP contribution in [-0.4, -0.2) is 210 Å². The number of likely N-dealkylation sites (tertiary alicyclic amines) is 8. The van der Waals surface area contributed by atoms with Crippen LogP contribution in [0.25, 0.3) is 0 Å². The van der Waals surface area contributed by atoms with E-state index in [-0.39, 0.29) is 0 Å². The van der Waals surface area contributed by atoms with E-state index >= 15 is 0 Å². The van der Waals surface area contributed by atoms with E-state index in [0.29, 0.717) is 54.9 Å². The summed E-state index contributed by atoms with van der Waals surface area (Å²) in [6.45, 7) is 74.1. The molecule has 0 N–H and O–H groups in total. The van der Waals surface area contributed by atoms with Crippen LogP contribution in [0.5, 0.6) is 0 Å². The van der Waals surface area contributed by atoms with E-state index in [1.807, 2.05) is 0 Å². The van der Waals surface area contributed by atoms with Gasteiger partial charge in [-0.2, -0.15) is 0 Å². The Hall–Kier alpha value is -0.530. The Morgan fingerprint density at radius 3 is 0.905 bits per heavy atom. The molecule has 0 amide bonds. The highest BCUT2D eigenvalue weighted by Gasteiger charge is 2.33. The lowest BCUT2D eigenvalue weighted by molar-refractivity contribution is 0.0435. The summed E-state index contributed by atoms with van der Waals surface area (Å²) in [5.41, 5.74) is -0.679. The normalized spacial score (nSPS) is 27.4. The fourth-order valence-electron chi connectivity index (χ4n) is 12.9. The lowest BCUT2D eigenvalue weighted by Crippen LogP contribution is -2.46. The predicted molar refractivity (Wildman–Crippen MR) is 367 cm³/mol. The maximum Gasteiger partial charge on any atom is 0.120 e. The summed E-state index contributed by atoms with van der Waals surface area (Å²) in [6.07, 6.45) is 18.3. The van der Waals surface area contributed by atoms with Gasteiger partial charge >= 0.3 is 0 Å². The van der Waals surface area contributed by atoms with Crippen molar-refractivity contribution in [2.45, 2.75) is 342 Å². The van der Waals surface area contributed by atoms with Crippen LogP contribution >= 0.6 is 0 Å². The fourth-order valence-corrected chi connectivity index (χ4v) is 12.9. The van der Waals surface area contributed by atoms with Gasteiger partial charge in [0.05, 0.1) is 0 Å². The average molecular weight is 1200 g/mol. The van der Waals surface area contributed by atoms with Crippen LogP contribution in [0.4, 0.5) is 13.2 Å². The molecule has 8 heterocycles. The third kappa shape index (κ3) is 37.0. The molecule has 8 saturated heterocycles. The number of hydrogen-bond acceptors (Lipinski definition) is 8. The second-order valence-electron chi connectivity index (χ2n) is 32.5. The van der Waals surface area contributed by atoms with Crippen molar-refractivity contribution in [3.63, 3.8) is 0 Å². The number of halogens is 3. The first-order valence-electron chi connectivity index (χ1n) is 35.8. The van der Waals surface area contributed by atoms with Crippen LogP contribution in [-0.2, 0) is 0 Å². The van der Waals surface area contributed by atoms with E-state index in [1.54, 1.807) is 13.8 Å². The summed E-state index contributed by atoms with van der Waals surface area (Å²) < 4.78 is 39.5. The lowest BCUT2D eigenvalue weighted by atomic mass is 9.82. The van der Waals surface area contributed by atoms with Crippen molar-refractivity contribution in [3.05, 3.63) is 0 Å². The zero-order valence-corrected chi connectivity index (χ0v) is 61.3. The molecule has 8 nitrogen and oxygen atoms in total. The molecule has 0 aromatic carbocycles. The fraction of sp³-hybridized carbons (Fsp3) is 1.00. The van der Waals surface area contributed by atoms with Crippen LogP contribution in [0.3, 0.4) is 0 Å². The Morgan fingerprint density at radius 2 is 0.607 bits per heavy atom. The highest BCUT2D eigenvalue weighted by atomic mass is 19.1. The van der Waals surface area contributed by atoms with Crippen LogP contribution < -0.4 is 0 Å². The minimum Gasteiger partial charge on any atom is -0.301 e. The number of rotatable bonds is 8. The molecule has 8 fully saturated rings. The van der Waals surface area contributed by atoms with Gasteiger partial charge in [0.1, 0.15) is 17.5 Å². The van der Waals surface area contributed by atoms with Crippen molar-refractivity contribution < 1.29 is 13.2 Å². The van der Waals surface area contributed by atoms with Crippen LogP contribution in [0, 0.1) is 28.6 Å². The maximum absolute atomic E-state index is 13.4. The smallest absolute Gasteiger partial charge is 0.120 e. The first kappa shape index (κ1) is 81.5. The van der Waals surface area contributed by atoms with E-state index in [2.05, 4.69) is 198 Å². The molecule has 1 unspecified atom stereocenters. The molecule has 0 aromatic heterocycles. The summed E-state index contributed by atoms with van der Waals surface area (Å²) in [7, 11) is 0.